The number of carboxylic acid groups (broad SMARTS) is 1. The van der Waals surface area contributed by atoms with E-state index < -0.39 is 21.1 Å². The molecular weight excluding hydrogens is 288 g/mol. The lowest BCUT2D eigenvalue weighted by Crippen LogP contribution is -2.20. The van der Waals surface area contributed by atoms with Crippen LogP contribution in [0.15, 0.2) is 77.7 Å². The van der Waals surface area contributed by atoms with Crippen LogP contribution in [0.3, 0.4) is 0 Å². The van der Waals surface area contributed by atoms with Crippen LogP contribution in [-0.4, -0.2) is 19.5 Å². The van der Waals surface area contributed by atoms with Crippen LogP contribution in [-0.2, 0) is 14.6 Å². The molecule has 108 valence electrons. The summed E-state index contributed by atoms with van der Waals surface area (Å²) in [6, 6.07) is 16.0. The topological polar surface area (TPSA) is 71.4 Å². The number of aliphatic carboxylic acids is 1. The van der Waals surface area contributed by atoms with Crippen molar-refractivity contribution in [2.24, 2.45) is 0 Å². The molecule has 2 aromatic rings. The van der Waals surface area contributed by atoms with Gasteiger partial charge in [0.15, 0.2) is 9.84 Å². The molecule has 2 aromatic carbocycles. The largest absolute Gasteiger partial charge is 0.478 e. The van der Waals surface area contributed by atoms with Crippen LogP contribution >= 0.6 is 0 Å². The third-order valence-corrected chi connectivity index (χ3v) is 5.18. The van der Waals surface area contributed by atoms with Gasteiger partial charge in [-0.05, 0) is 17.7 Å². The Morgan fingerprint density at radius 3 is 1.90 bits per heavy atom. The smallest absolute Gasteiger partial charge is 0.332 e. The lowest BCUT2D eigenvalue weighted by Gasteiger charge is -2.18. The fourth-order valence-electron chi connectivity index (χ4n) is 2.05. The van der Waals surface area contributed by atoms with Crippen molar-refractivity contribution in [3.05, 3.63) is 78.4 Å². The maximum Gasteiger partial charge on any atom is 0.332 e. The summed E-state index contributed by atoms with van der Waals surface area (Å²) in [5.74, 6) is -1.33. The van der Waals surface area contributed by atoms with Crippen LogP contribution in [0.5, 0.6) is 0 Å². The molecule has 0 bridgehead atoms. The molecule has 0 saturated heterocycles. The second kappa shape index (κ2) is 5.93. The standard InChI is InChI=1S/C16H14O4S/c1-12(16(17)18)15(13-8-4-2-5-9-13)21(19,20)14-10-6-3-7-11-14/h2-11,15H,1H2,(H,17,18). The van der Waals surface area contributed by atoms with E-state index in [0.29, 0.717) is 5.56 Å². The van der Waals surface area contributed by atoms with Gasteiger partial charge in [-0.2, -0.15) is 0 Å². The number of rotatable bonds is 5. The Balaban J connectivity index is 2.61. The first-order valence-electron chi connectivity index (χ1n) is 6.20. The molecule has 0 amide bonds. The molecular formula is C16H14O4S. The zero-order chi connectivity index (χ0) is 15.5. The highest BCUT2D eigenvalue weighted by atomic mass is 32.2. The Morgan fingerprint density at radius 1 is 0.952 bits per heavy atom. The molecule has 1 unspecified atom stereocenters. The van der Waals surface area contributed by atoms with Crippen molar-refractivity contribution in [2.45, 2.75) is 10.1 Å². The molecule has 5 heteroatoms. The normalized spacial score (nSPS) is 12.6. The average molecular weight is 302 g/mol. The van der Waals surface area contributed by atoms with Crippen LogP contribution in [0, 0.1) is 0 Å². The van der Waals surface area contributed by atoms with Gasteiger partial charge < -0.3 is 5.11 Å². The minimum absolute atomic E-state index is 0.0706. The lowest BCUT2D eigenvalue weighted by atomic mass is 10.1. The average Bonchev–Trinajstić information content (AvgIpc) is 2.49. The van der Waals surface area contributed by atoms with E-state index in [2.05, 4.69) is 6.58 Å². The van der Waals surface area contributed by atoms with Gasteiger partial charge in [0.2, 0.25) is 0 Å². The van der Waals surface area contributed by atoms with E-state index in [4.69, 9.17) is 5.11 Å². The van der Waals surface area contributed by atoms with Crippen LogP contribution in [0.25, 0.3) is 0 Å². The fraction of sp³-hybridized carbons (Fsp3) is 0.0625. The van der Waals surface area contributed by atoms with Gasteiger partial charge in [0.05, 0.1) is 10.5 Å². The van der Waals surface area contributed by atoms with Gasteiger partial charge in [-0.3, -0.25) is 0 Å². The summed E-state index contributed by atoms with van der Waals surface area (Å²) < 4.78 is 25.5. The predicted molar refractivity (Wildman–Crippen MR) is 79.6 cm³/mol. The summed E-state index contributed by atoms with van der Waals surface area (Å²) in [5.41, 5.74) is 0.0128. The maximum absolute atomic E-state index is 12.8. The molecule has 0 heterocycles. The van der Waals surface area contributed by atoms with E-state index in [1.54, 1.807) is 48.5 Å². The van der Waals surface area contributed by atoms with Gasteiger partial charge in [-0.15, -0.1) is 0 Å². The second-order valence-corrected chi connectivity index (χ2v) is 6.51. The van der Waals surface area contributed by atoms with Crippen molar-refractivity contribution < 1.29 is 18.3 Å². The Hall–Kier alpha value is -2.40. The van der Waals surface area contributed by atoms with Gasteiger partial charge in [0.25, 0.3) is 0 Å². The van der Waals surface area contributed by atoms with Gasteiger partial charge in [0, 0.05) is 0 Å². The van der Waals surface area contributed by atoms with Crippen molar-refractivity contribution >= 4 is 15.8 Å². The van der Waals surface area contributed by atoms with Crippen molar-refractivity contribution in [3.8, 4) is 0 Å². The summed E-state index contributed by atoms with van der Waals surface area (Å²) in [4.78, 5) is 11.3. The number of benzene rings is 2. The molecule has 0 aliphatic carbocycles. The molecule has 0 fully saturated rings. The van der Waals surface area contributed by atoms with Gasteiger partial charge in [0.1, 0.15) is 5.25 Å². The number of carboxylic acids is 1. The Bertz CT molecular complexity index is 749. The number of sulfone groups is 1. The van der Waals surface area contributed by atoms with E-state index in [9.17, 15) is 13.2 Å². The molecule has 0 saturated carbocycles. The monoisotopic (exact) mass is 302 g/mol. The second-order valence-electron chi connectivity index (χ2n) is 4.48. The number of hydrogen-bond donors (Lipinski definition) is 1. The molecule has 0 radical (unpaired) electrons. The summed E-state index contributed by atoms with van der Waals surface area (Å²) in [6.45, 7) is 3.44. The van der Waals surface area contributed by atoms with Crippen LogP contribution in [0.2, 0.25) is 0 Å². The maximum atomic E-state index is 12.8. The van der Waals surface area contributed by atoms with Crippen molar-refractivity contribution in [1.29, 1.82) is 0 Å². The molecule has 0 aliphatic heterocycles. The van der Waals surface area contributed by atoms with Crippen molar-refractivity contribution in [1.82, 2.24) is 0 Å². The van der Waals surface area contributed by atoms with E-state index in [0.717, 1.165) is 0 Å². The predicted octanol–water partition coefficient (Wildman–Crippen LogP) is 2.84. The van der Waals surface area contributed by atoms with E-state index in [1.165, 1.54) is 12.1 Å². The first-order chi connectivity index (χ1) is 9.94. The lowest BCUT2D eigenvalue weighted by molar-refractivity contribution is -0.132. The first-order valence-corrected chi connectivity index (χ1v) is 7.75. The van der Waals surface area contributed by atoms with E-state index in [-0.39, 0.29) is 10.5 Å². The van der Waals surface area contributed by atoms with Gasteiger partial charge >= 0.3 is 5.97 Å². The van der Waals surface area contributed by atoms with Crippen LogP contribution in [0.4, 0.5) is 0 Å². The highest BCUT2D eigenvalue weighted by Crippen LogP contribution is 2.34. The molecule has 21 heavy (non-hydrogen) atoms. The highest BCUT2D eigenvalue weighted by molar-refractivity contribution is 7.92. The number of carbonyl (C=O) groups is 1. The van der Waals surface area contributed by atoms with Crippen LogP contribution in [0.1, 0.15) is 10.8 Å². The molecule has 0 aliphatic rings. The Labute approximate surface area is 123 Å². The van der Waals surface area contributed by atoms with Crippen LogP contribution < -0.4 is 0 Å². The zero-order valence-electron chi connectivity index (χ0n) is 11.1. The van der Waals surface area contributed by atoms with Gasteiger partial charge in [-0.25, -0.2) is 13.2 Å². The minimum atomic E-state index is -3.88. The Kier molecular flexibility index (Phi) is 4.23. The van der Waals surface area contributed by atoms with Crippen molar-refractivity contribution in [2.75, 3.05) is 0 Å². The summed E-state index contributed by atoms with van der Waals surface area (Å²) in [7, 11) is -3.88. The third kappa shape index (κ3) is 3.03. The summed E-state index contributed by atoms with van der Waals surface area (Å²) in [5, 5.41) is 7.85. The fourth-order valence-corrected chi connectivity index (χ4v) is 3.85. The first kappa shape index (κ1) is 15.0. The third-order valence-electron chi connectivity index (χ3n) is 3.08. The minimum Gasteiger partial charge on any atom is -0.478 e. The number of hydrogen-bond acceptors (Lipinski definition) is 3. The molecule has 4 nitrogen and oxygen atoms in total. The Morgan fingerprint density at radius 2 is 1.43 bits per heavy atom. The summed E-state index contributed by atoms with van der Waals surface area (Å²) in [6.07, 6.45) is 0. The highest BCUT2D eigenvalue weighted by Gasteiger charge is 2.34. The van der Waals surface area contributed by atoms with Crippen molar-refractivity contribution in [3.63, 3.8) is 0 Å². The molecule has 1 N–H and O–H groups in total. The quantitative estimate of drug-likeness (QED) is 0.862. The molecule has 2 rings (SSSR count). The van der Waals surface area contributed by atoms with E-state index >= 15 is 0 Å². The van der Waals surface area contributed by atoms with Gasteiger partial charge in [-0.1, -0.05) is 55.1 Å². The zero-order valence-corrected chi connectivity index (χ0v) is 12.0. The SMILES string of the molecule is C=C(C(=O)O)C(c1ccccc1)S(=O)(=O)c1ccccc1. The summed E-state index contributed by atoms with van der Waals surface area (Å²) >= 11 is 0. The molecule has 1 atom stereocenters. The van der Waals surface area contributed by atoms with E-state index in [1.807, 2.05) is 0 Å². The molecule has 0 aromatic heterocycles. The molecule has 0 spiro atoms.